The van der Waals surface area contributed by atoms with Crippen molar-refractivity contribution in [1.82, 2.24) is 38.8 Å². The minimum atomic E-state index is -3.74. The quantitative estimate of drug-likeness (QED) is 0.366. The number of aryl methyl sites for hydroxylation is 1. The zero-order valence-corrected chi connectivity index (χ0v) is 23.5. The highest BCUT2D eigenvalue weighted by Crippen LogP contribution is 2.31. The number of nitrogens with one attached hydrogen (secondary N) is 2. The highest BCUT2D eigenvalue weighted by molar-refractivity contribution is 7.86. The van der Waals surface area contributed by atoms with Gasteiger partial charge in [0.25, 0.3) is 10.2 Å². The van der Waals surface area contributed by atoms with E-state index in [0.29, 0.717) is 35.4 Å². The fourth-order valence-corrected chi connectivity index (χ4v) is 5.65. The van der Waals surface area contributed by atoms with Gasteiger partial charge < -0.3 is 20.1 Å². The van der Waals surface area contributed by atoms with Crippen LogP contribution in [0.3, 0.4) is 0 Å². The zero-order chi connectivity index (χ0) is 28.2. The first-order valence-corrected chi connectivity index (χ1v) is 13.7. The van der Waals surface area contributed by atoms with E-state index in [9.17, 15) is 13.2 Å². The van der Waals surface area contributed by atoms with Gasteiger partial charge in [-0.05, 0) is 30.7 Å². The van der Waals surface area contributed by atoms with Gasteiger partial charge in [-0.2, -0.15) is 17.0 Å². The van der Waals surface area contributed by atoms with Gasteiger partial charge in [0.05, 0.1) is 31.9 Å². The topological polar surface area (TPSA) is 144 Å². The Labute approximate surface area is 228 Å². The highest BCUT2D eigenvalue weighted by atomic mass is 32.2. The maximum atomic E-state index is 13.4. The number of carbonyl (C=O) groups is 1. The number of ether oxygens (including phenoxy) is 2. The predicted octanol–water partition coefficient (Wildman–Crippen LogP) is 0.601. The van der Waals surface area contributed by atoms with Crippen LogP contribution in [0, 0.1) is 6.92 Å². The largest absolute Gasteiger partial charge is 0.493 e. The summed E-state index contributed by atoms with van der Waals surface area (Å²) < 4.78 is 41.0. The van der Waals surface area contributed by atoms with Crippen molar-refractivity contribution < 1.29 is 22.7 Å². The average Bonchev–Trinajstić information content (AvgIpc) is 3.47. The molecule has 13 nitrogen and oxygen atoms in total. The van der Waals surface area contributed by atoms with Crippen molar-refractivity contribution in [2.45, 2.75) is 25.4 Å². The maximum absolute atomic E-state index is 13.4. The summed E-state index contributed by atoms with van der Waals surface area (Å²) in [4.78, 5) is 26.7. The molecular weight excluding hydrogens is 524 g/mol. The second kappa shape index (κ2) is 11.7. The molecule has 2 aromatic heterocycles. The Morgan fingerprint density at radius 3 is 2.62 bits per heavy atom. The second-order valence-corrected chi connectivity index (χ2v) is 11.6. The molecule has 1 aliphatic rings. The minimum absolute atomic E-state index is 0.0110. The summed E-state index contributed by atoms with van der Waals surface area (Å²) in [5.41, 5.74) is 0.900. The summed E-state index contributed by atoms with van der Waals surface area (Å²) in [5.74, 6) is 1.25. The van der Waals surface area contributed by atoms with E-state index in [1.54, 1.807) is 55.7 Å². The summed E-state index contributed by atoms with van der Waals surface area (Å²) in [6.45, 7) is 2.68. The lowest BCUT2D eigenvalue weighted by Gasteiger charge is -2.43. The molecule has 0 bridgehead atoms. The molecule has 2 N–H and O–H groups in total. The number of hydrogen-bond donors (Lipinski definition) is 2. The average molecular weight is 559 g/mol. The molecule has 1 fully saturated rings. The van der Waals surface area contributed by atoms with Crippen LogP contribution in [0.4, 0.5) is 0 Å². The third kappa shape index (κ3) is 6.19. The molecule has 4 rings (SSSR count). The number of benzene rings is 1. The van der Waals surface area contributed by atoms with Crippen molar-refractivity contribution in [2.75, 3.05) is 47.9 Å². The van der Waals surface area contributed by atoms with E-state index >= 15 is 0 Å². The summed E-state index contributed by atoms with van der Waals surface area (Å²) in [7, 11) is 2.34. The molecule has 1 saturated heterocycles. The van der Waals surface area contributed by atoms with Crippen molar-refractivity contribution >= 4 is 16.1 Å². The molecule has 3 aromatic rings. The van der Waals surface area contributed by atoms with Gasteiger partial charge in [0.1, 0.15) is 6.33 Å². The fourth-order valence-electron chi connectivity index (χ4n) is 4.48. The van der Waals surface area contributed by atoms with Crippen molar-refractivity contribution in [3.63, 3.8) is 0 Å². The van der Waals surface area contributed by atoms with Crippen LogP contribution in [0.15, 0.2) is 43.0 Å². The molecule has 1 amide bonds. The van der Waals surface area contributed by atoms with Crippen LogP contribution in [-0.2, 0) is 27.1 Å². The first kappa shape index (κ1) is 28.4. The molecule has 1 atom stereocenters. The van der Waals surface area contributed by atoms with E-state index in [2.05, 4.69) is 20.6 Å². The number of aromatic nitrogens is 4. The molecule has 0 radical (unpaired) electrons. The van der Waals surface area contributed by atoms with Gasteiger partial charge in [-0.3, -0.25) is 9.36 Å². The Morgan fingerprint density at radius 2 is 1.95 bits per heavy atom. The van der Waals surface area contributed by atoms with E-state index in [0.717, 1.165) is 5.56 Å². The van der Waals surface area contributed by atoms with Gasteiger partial charge in [0.15, 0.2) is 11.5 Å². The predicted molar refractivity (Wildman–Crippen MR) is 144 cm³/mol. The Hall–Kier alpha value is -3.59. The number of methoxy groups -OCH3 is 2. The first-order chi connectivity index (χ1) is 18.6. The smallest absolute Gasteiger partial charge is 0.281 e. The molecule has 0 aliphatic carbocycles. The normalized spacial score (nSPS) is 18.2. The molecule has 1 unspecified atom stereocenters. The maximum Gasteiger partial charge on any atom is 0.281 e. The third-order valence-corrected chi connectivity index (χ3v) is 8.41. The van der Waals surface area contributed by atoms with E-state index in [1.807, 2.05) is 13.0 Å². The van der Waals surface area contributed by atoms with E-state index < -0.39 is 15.7 Å². The van der Waals surface area contributed by atoms with Crippen LogP contribution >= 0.6 is 0 Å². The molecule has 14 heteroatoms. The van der Waals surface area contributed by atoms with Gasteiger partial charge >= 0.3 is 0 Å². The lowest BCUT2D eigenvalue weighted by molar-refractivity contribution is -0.123. The summed E-state index contributed by atoms with van der Waals surface area (Å²) in [6, 6.07) is 7.19. The lowest BCUT2D eigenvalue weighted by atomic mass is 9.88. The molecule has 0 spiro atoms. The van der Waals surface area contributed by atoms with Crippen LogP contribution in [0.5, 0.6) is 11.5 Å². The highest BCUT2D eigenvalue weighted by Gasteiger charge is 2.44. The Kier molecular flexibility index (Phi) is 8.49. The van der Waals surface area contributed by atoms with E-state index in [-0.39, 0.29) is 32.0 Å². The monoisotopic (exact) mass is 558 g/mol. The number of rotatable bonds is 10. The van der Waals surface area contributed by atoms with Crippen LogP contribution in [-0.4, -0.2) is 90.4 Å². The molecule has 210 valence electrons. The molecular formula is C25H34N8O5S. The van der Waals surface area contributed by atoms with Gasteiger partial charge in [0, 0.05) is 58.4 Å². The van der Waals surface area contributed by atoms with Crippen LogP contribution in [0.25, 0.3) is 5.95 Å². The van der Waals surface area contributed by atoms with Gasteiger partial charge in [0.2, 0.25) is 11.9 Å². The van der Waals surface area contributed by atoms with E-state index in [4.69, 9.17) is 14.5 Å². The molecule has 39 heavy (non-hydrogen) atoms. The third-order valence-electron chi connectivity index (χ3n) is 6.53. The summed E-state index contributed by atoms with van der Waals surface area (Å²) in [5, 5.41) is 6.37. The molecule has 1 aliphatic heterocycles. The summed E-state index contributed by atoms with van der Waals surface area (Å²) >= 11 is 0. The summed E-state index contributed by atoms with van der Waals surface area (Å²) in [6.07, 6.45) is 4.86. The SMILES string of the molecule is COc1ccc(CNC(=O)CC2(c3cc(C)nc(-n4ccnc4)n3)CN(S(=O)(=O)N(C)C)CCN2)cc1OC. The van der Waals surface area contributed by atoms with Crippen molar-refractivity contribution in [2.24, 2.45) is 0 Å². The fraction of sp³-hybridized carbons (Fsp3) is 0.440. The van der Waals surface area contributed by atoms with Gasteiger partial charge in [-0.25, -0.2) is 15.0 Å². The number of carbonyl (C=O) groups excluding carboxylic acids is 1. The lowest BCUT2D eigenvalue weighted by Crippen LogP contribution is -2.62. The van der Waals surface area contributed by atoms with Crippen LogP contribution in [0.2, 0.25) is 0 Å². The van der Waals surface area contributed by atoms with E-state index in [1.165, 1.54) is 22.7 Å². The number of imidazole rings is 1. The number of amides is 1. The number of piperazine rings is 1. The van der Waals surface area contributed by atoms with Crippen molar-refractivity contribution in [1.29, 1.82) is 0 Å². The second-order valence-electron chi connectivity index (χ2n) is 9.44. The molecule has 1 aromatic carbocycles. The molecule has 3 heterocycles. The number of hydrogen-bond acceptors (Lipinski definition) is 9. The standard InChI is InChI=1S/C25H34N8O5S/c1-18-12-22(30-24(29-18)32-10-8-26-17-32)25(16-33(11-9-28-25)39(35,36)31(2)3)14-23(34)27-15-19-6-7-20(37-4)21(13-19)38-5/h6-8,10,12-13,17,28H,9,11,14-16H2,1-5H3,(H,27,34). The van der Waals surface area contributed by atoms with Crippen molar-refractivity contribution in [3.8, 4) is 17.4 Å². The zero-order valence-electron chi connectivity index (χ0n) is 22.7. The Bertz CT molecular complexity index is 1410. The molecule has 0 saturated carbocycles. The van der Waals surface area contributed by atoms with Crippen molar-refractivity contribution in [3.05, 3.63) is 59.9 Å². The first-order valence-electron chi connectivity index (χ1n) is 12.3. The van der Waals surface area contributed by atoms with Gasteiger partial charge in [-0.1, -0.05) is 6.07 Å². The van der Waals surface area contributed by atoms with Gasteiger partial charge in [-0.15, -0.1) is 0 Å². The Balaban J connectivity index is 1.65. The van der Waals surface area contributed by atoms with Crippen LogP contribution < -0.4 is 20.1 Å². The number of nitrogens with zero attached hydrogens (tertiary/aromatic N) is 6. The minimum Gasteiger partial charge on any atom is -0.493 e. The van der Waals surface area contributed by atoms with Crippen LogP contribution in [0.1, 0.15) is 23.4 Å². The Morgan fingerprint density at radius 1 is 1.18 bits per heavy atom.